The number of Topliss-reactive ketones (excluding diaryl/α,β-unsaturated/α-hetero) is 1. The second-order valence-corrected chi connectivity index (χ2v) is 6.02. The molecule has 22 heavy (non-hydrogen) atoms. The van der Waals surface area contributed by atoms with Crippen LogP contribution in [0.3, 0.4) is 0 Å². The highest BCUT2D eigenvalue weighted by atomic mass is 19.1. The Bertz CT molecular complexity index is 556. The molecule has 0 spiro atoms. The van der Waals surface area contributed by atoms with E-state index in [0.29, 0.717) is 26.1 Å². The number of hydrogen-bond donors (Lipinski definition) is 0. The van der Waals surface area contributed by atoms with Crippen LogP contribution in [-0.2, 0) is 4.74 Å². The summed E-state index contributed by atoms with van der Waals surface area (Å²) in [6, 6.07) is 2.51. The maximum Gasteiger partial charge on any atom is 0.190 e. The highest BCUT2D eigenvalue weighted by Gasteiger charge is 2.39. The number of benzene rings is 1. The van der Waals surface area contributed by atoms with Crippen LogP contribution >= 0.6 is 0 Å². The molecular weight excluding hydrogens is 292 g/mol. The van der Waals surface area contributed by atoms with Gasteiger partial charge in [0.1, 0.15) is 0 Å². The highest BCUT2D eigenvalue weighted by Crippen LogP contribution is 2.33. The van der Waals surface area contributed by atoms with Crippen LogP contribution in [0.1, 0.15) is 23.2 Å². The lowest BCUT2D eigenvalue weighted by atomic mass is 9.81. The van der Waals surface area contributed by atoms with E-state index >= 15 is 0 Å². The molecule has 4 nitrogen and oxygen atoms in total. The number of hydrogen-bond acceptors (Lipinski definition) is 4. The predicted octanol–water partition coefficient (Wildman–Crippen LogP) is 2.27. The Morgan fingerprint density at radius 1 is 1.23 bits per heavy atom. The average Bonchev–Trinajstić information content (AvgIpc) is 2.46. The number of carbonyl (C=O) groups excluding carboxylic acids is 1. The number of carbonyl (C=O) groups is 1. The molecule has 2 saturated heterocycles. The molecule has 0 N–H and O–H groups in total. The van der Waals surface area contributed by atoms with E-state index in [0.717, 1.165) is 12.1 Å². The first-order valence-electron chi connectivity index (χ1n) is 7.38. The Kier molecular flexibility index (Phi) is 4.14. The van der Waals surface area contributed by atoms with Gasteiger partial charge in [0.05, 0.1) is 20.3 Å². The quantitative estimate of drug-likeness (QED) is 0.803. The molecular formula is C16H19F2NO3. The number of halogens is 2. The van der Waals surface area contributed by atoms with Gasteiger partial charge in [0, 0.05) is 23.6 Å². The first-order chi connectivity index (χ1) is 10.5. The van der Waals surface area contributed by atoms with Crippen molar-refractivity contribution in [1.82, 2.24) is 4.90 Å². The van der Waals surface area contributed by atoms with Crippen molar-refractivity contribution in [1.29, 1.82) is 0 Å². The monoisotopic (exact) mass is 311 g/mol. The van der Waals surface area contributed by atoms with Gasteiger partial charge < -0.3 is 9.47 Å². The van der Waals surface area contributed by atoms with E-state index in [4.69, 9.17) is 4.74 Å². The minimum absolute atomic E-state index is 0.0735. The SMILES string of the molecule is COc1c(F)cc(C(=O)C2CC3COCC(C2)N3C)cc1F. The van der Waals surface area contributed by atoms with E-state index in [-0.39, 0.29) is 29.3 Å². The Morgan fingerprint density at radius 2 is 1.77 bits per heavy atom. The number of morpholine rings is 1. The van der Waals surface area contributed by atoms with Crippen LogP contribution in [0.25, 0.3) is 0 Å². The summed E-state index contributed by atoms with van der Waals surface area (Å²) >= 11 is 0. The van der Waals surface area contributed by atoms with Crippen LogP contribution in [0.5, 0.6) is 5.75 Å². The van der Waals surface area contributed by atoms with Crippen LogP contribution in [0.2, 0.25) is 0 Å². The van der Waals surface area contributed by atoms with Gasteiger partial charge in [-0.05, 0) is 32.0 Å². The summed E-state index contributed by atoms with van der Waals surface area (Å²) in [4.78, 5) is 14.8. The van der Waals surface area contributed by atoms with E-state index in [1.54, 1.807) is 0 Å². The molecule has 0 aliphatic carbocycles. The molecule has 2 fully saturated rings. The molecule has 2 aliphatic heterocycles. The molecule has 0 saturated carbocycles. The summed E-state index contributed by atoms with van der Waals surface area (Å²) in [5, 5.41) is 0. The number of likely N-dealkylation sites (N-methyl/N-ethyl adjacent to an activating group) is 1. The molecule has 1 aromatic carbocycles. The Morgan fingerprint density at radius 3 is 2.27 bits per heavy atom. The van der Waals surface area contributed by atoms with Gasteiger partial charge >= 0.3 is 0 Å². The minimum atomic E-state index is -0.845. The average molecular weight is 311 g/mol. The van der Waals surface area contributed by atoms with Crippen molar-refractivity contribution in [2.75, 3.05) is 27.4 Å². The Hall–Kier alpha value is -1.53. The molecule has 1 aromatic rings. The van der Waals surface area contributed by atoms with Crippen molar-refractivity contribution in [3.63, 3.8) is 0 Å². The summed E-state index contributed by atoms with van der Waals surface area (Å²) in [7, 11) is 3.23. The number of ketones is 1. The molecule has 3 rings (SSSR count). The van der Waals surface area contributed by atoms with Gasteiger partial charge in [-0.15, -0.1) is 0 Å². The number of piperidine rings is 1. The fourth-order valence-corrected chi connectivity index (χ4v) is 3.44. The molecule has 2 bridgehead atoms. The van der Waals surface area contributed by atoms with Gasteiger partial charge in [-0.3, -0.25) is 9.69 Å². The zero-order valence-electron chi connectivity index (χ0n) is 12.6. The zero-order valence-corrected chi connectivity index (χ0v) is 12.6. The normalized spacial score (nSPS) is 28.5. The lowest BCUT2D eigenvalue weighted by Crippen LogP contribution is -2.55. The molecule has 2 atom stereocenters. The predicted molar refractivity (Wildman–Crippen MR) is 76.1 cm³/mol. The first-order valence-corrected chi connectivity index (χ1v) is 7.38. The van der Waals surface area contributed by atoms with Crippen molar-refractivity contribution in [2.45, 2.75) is 24.9 Å². The van der Waals surface area contributed by atoms with Crippen molar-refractivity contribution in [3.8, 4) is 5.75 Å². The van der Waals surface area contributed by atoms with Gasteiger partial charge in [-0.25, -0.2) is 8.78 Å². The Balaban J connectivity index is 1.83. The summed E-state index contributed by atoms with van der Waals surface area (Å²) in [6.07, 6.45) is 1.31. The van der Waals surface area contributed by atoms with Crippen LogP contribution in [0, 0.1) is 17.6 Å². The topological polar surface area (TPSA) is 38.8 Å². The van der Waals surface area contributed by atoms with Gasteiger partial charge in [0.15, 0.2) is 23.2 Å². The largest absolute Gasteiger partial charge is 0.491 e. The number of fused-ring (bicyclic) bond motifs is 2. The molecule has 0 radical (unpaired) electrons. The van der Waals surface area contributed by atoms with Gasteiger partial charge in [-0.2, -0.15) is 0 Å². The minimum Gasteiger partial charge on any atom is -0.491 e. The third-order valence-electron chi connectivity index (χ3n) is 4.74. The van der Waals surface area contributed by atoms with Crippen molar-refractivity contribution >= 4 is 5.78 Å². The Labute approximate surface area is 128 Å². The van der Waals surface area contributed by atoms with Gasteiger partial charge in [0.25, 0.3) is 0 Å². The van der Waals surface area contributed by atoms with Crippen molar-refractivity contribution in [2.24, 2.45) is 5.92 Å². The van der Waals surface area contributed by atoms with Crippen molar-refractivity contribution in [3.05, 3.63) is 29.3 Å². The number of rotatable bonds is 3. The summed E-state index contributed by atoms with van der Waals surface area (Å²) < 4.78 is 37.7. The summed E-state index contributed by atoms with van der Waals surface area (Å²) in [6.45, 7) is 1.20. The number of nitrogens with zero attached hydrogens (tertiary/aromatic N) is 1. The fraction of sp³-hybridized carbons (Fsp3) is 0.562. The third-order valence-corrected chi connectivity index (χ3v) is 4.74. The molecule has 2 aliphatic rings. The van der Waals surface area contributed by atoms with Crippen molar-refractivity contribution < 1.29 is 23.0 Å². The molecule has 2 heterocycles. The number of methoxy groups -OCH3 is 1. The smallest absolute Gasteiger partial charge is 0.190 e. The molecule has 2 unspecified atom stereocenters. The fourth-order valence-electron chi connectivity index (χ4n) is 3.44. The lowest BCUT2D eigenvalue weighted by Gasteiger charge is -2.46. The van der Waals surface area contributed by atoms with E-state index in [9.17, 15) is 13.6 Å². The molecule has 120 valence electrons. The van der Waals surface area contributed by atoms with Crippen LogP contribution < -0.4 is 4.74 Å². The second kappa shape index (κ2) is 5.93. The standard InChI is InChI=1S/C16H19F2NO3/c1-19-11-3-9(4-12(19)8-22-7-11)15(20)10-5-13(17)16(21-2)14(18)6-10/h5-6,9,11-12H,3-4,7-8H2,1-2H3. The van der Waals surface area contributed by atoms with Crippen LogP contribution in [0.4, 0.5) is 8.78 Å². The highest BCUT2D eigenvalue weighted by molar-refractivity contribution is 5.98. The van der Waals surface area contributed by atoms with Gasteiger partial charge in [-0.1, -0.05) is 0 Å². The molecule has 6 heteroatoms. The van der Waals surface area contributed by atoms with Crippen LogP contribution in [-0.4, -0.2) is 50.1 Å². The molecule has 0 aromatic heterocycles. The summed E-state index contributed by atoms with van der Waals surface area (Å²) in [5.41, 5.74) is 0.0735. The zero-order chi connectivity index (χ0) is 15.9. The lowest BCUT2D eigenvalue weighted by molar-refractivity contribution is -0.0702. The number of ether oxygens (including phenoxy) is 2. The van der Waals surface area contributed by atoms with Gasteiger partial charge in [0.2, 0.25) is 0 Å². The van der Waals surface area contributed by atoms with E-state index < -0.39 is 17.4 Å². The molecule has 0 amide bonds. The summed E-state index contributed by atoms with van der Waals surface area (Å²) in [5.74, 6) is -2.57. The first kappa shape index (κ1) is 15.4. The third kappa shape index (κ3) is 2.61. The maximum atomic E-state index is 13.8. The van der Waals surface area contributed by atoms with E-state index in [1.807, 2.05) is 7.05 Å². The van der Waals surface area contributed by atoms with E-state index in [1.165, 1.54) is 7.11 Å². The van der Waals surface area contributed by atoms with E-state index in [2.05, 4.69) is 9.64 Å². The van der Waals surface area contributed by atoms with Crippen LogP contribution in [0.15, 0.2) is 12.1 Å². The maximum absolute atomic E-state index is 13.8. The second-order valence-electron chi connectivity index (χ2n) is 6.02.